The first-order valence-electron chi connectivity index (χ1n) is 8.14. The standard InChI is InChI=1S/C17H24N2O5/c1-9-13(16(21)23-4)10(2)18-14(9)17(22)24-11(3)15(20)19-12-7-5-6-8-12/h11-12,18H,5-8H2,1-4H3,(H,19,20). The molecule has 0 spiro atoms. The van der Waals surface area contributed by atoms with E-state index in [4.69, 9.17) is 9.47 Å². The van der Waals surface area contributed by atoms with Crippen molar-refractivity contribution in [3.8, 4) is 0 Å². The van der Waals surface area contributed by atoms with E-state index in [1.54, 1.807) is 13.8 Å². The van der Waals surface area contributed by atoms with Crippen molar-refractivity contribution in [1.82, 2.24) is 10.3 Å². The lowest BCUT2D eigenvalue weighted by molar-refractivity contribution is -0.129. The summed E-state index contributed by atoms with van der Waals surface area (Å²) in [4.78, 5) is 39.0. The molecule has 1 amide bonds. The van der Waals surface area contributed by atoms with Crippen LogP contribution >= 0.6 is 0 Å². The summed E-state index contributed by atoms with van der Waals surface area (Å²) >= 11 is 0. The molecule has 7 heteroatoms. The minimum Gasteiger partial charge on any atom is -0.465 e. The van der Waals surface area contributed by atoms with Gasteiger partial charge in [-0.2, -0.15) is 0 Å². The molecule has 132 valence electrons. The average molecular weight is 336 g/mol. The molecule has 24 heavy (non-hydrogen) atoms. The lowest BCUT2D eigenvalue weighted by Crippen LogP contribution is -2.40. The second kappa shape index (κ2) is 7.51. The number of methoxy groups -OCH3 is 1. The van der Waals surface area contributed by atoms with Gasteiger partial charge in [-0.25, -0.2) is 9.59 Å². The summed E-state index contributed by atoms with van der Waals surface area (Å²) in [5.41, 5.74) is 1.45. The largest absolute Gasteiger partial charge is 0.465 e. The highest BCUT2D eigenvalue weighted by molar-refractivity contribution is 5.99. The normalized spacial score (nSPS) is 15.8. The zero-order chi connectivity index (χ0) is 17.9. The van der Waals surface area contributed by atoms with Gasteiger partial charge >= 0.3 is 11.9 Å². The highest BCUT2D eigenvalue weighted by Gasteiger charge is 2.27. The monoisotopic (exact) mass is 336 g/mol. The maximum absolute atomic E-state index is 12.3. The number of carbonyl (C=O) groups excluding carboxylic acids is 3. The number of carbonyl (C=O) groups is 3. The Morgan fingerprint density at radius 2 is 1.79 bits per heavy atom. The molecular formula is C17H24N2O5. The number of hydrogen-bond donors (Lipinski definition) is 2. The molecule has 2 rings (SSSR count). The highest BCUT2D eigenvalue weighted by Crippen LogP contribution is 2.20. The van der Waals surface area contributed by atoms with Crippen molar-refractivity contribution in [3.05, 3.63) is 22.5 Å². The minimum atomic E-state index is -0.900. The molecule has 0 aromatic carbocycles. The van der Waals surface area contributed by atoms with Gasteiger partial charge in [0.1, 0.15) is 5.69 Å². The summed E-state index contributed by atoms with van der Waals surface area (Å²) in [6.07, 6.45) is 3.24. The molecule has 1 aliphatic carbocycles. The maximum atomic E-state index is 12.3. The van der Waals surface area contributed by atoms with Gasteiger partial charge in [-0.1, -0.05) is 12.8 Å². The summed E-state index contributed by atoms with van der Waals surface area (Å²) in [6.45, 7) is 4.84. The fraction of sp³-hybridized carbons (Fsp3) is 0.588. The lowest BCUT2D eigenvalue weighted by atomic mass is 10.1. The van der Waals surface area contributed by atoms with E-state index in [1.807, 2.05) is 0 Å². The van der Waals surface area contributed by atoms with Crippen LogP contribution in [0, 0.1) is 13.8 Å². The number of amides is 1. The quantitative estimate of drug-likeness (QED) is 0.802. The second-order valence-corrected chi connectivity index (χ2v) is 6.15. The third-order valence-electron chi connectivity index (χ3n) is 4.39. The number of hydrogen-bond acceptors (Lipinski definition) is 5. The number of aromatic amines is 1. The van der Waals surface area contributed by atoms with Crippen LogP contribution in [0.4, 0.5) is 0 Å². The SMILES string of the molecule is COC(=O)c1c(C)[nH]c(C(=O)OC(C)C(=O)NC2CCCC2)c1C. The lowest BCUT2D eigenvalue weighted by Gasteiger charge is -2.17. The van der Waals surface area contributed by atoms with E-state index >= 15 is 0 Å². The molecular weight excluding hydrogens is 312 g/mol. The Balaban J connectivity index is 2.03. The average Bonchev–Trinajstić information content (AvgIpc) is 3.14. The number of esters is 2. The second-order valence-electron chi connectivity index (χ2n) is 6.15. The number of nitrogens with one attached hydrogen (secondary N) is 2. The number of rotatable bonds is 5. The van der Waals surface area contributed by atoms with Gasteiger partial charge in [0.2, 0.25) is 0 Å². The van der Waals surface area contributed by atoms with Crippen LogP contribution in [0.5, 0.6) is 0 Å². The number of H-pyrrole nitrogens is 1. The molecule has 0 radical (unpaired) electrons. The smallest absolute Gasteiger partial charge is 0.355 e. The Hall–Kier alpha value is -2.31. The molecule has 1 aliphatic rings. The van der Waals surface area contributed by atoms with Crippen molar-refractivity contribution in [1.29, 1.82) is 0 Å². The van der Waals surface area contributed by atoms with Crippen LogP contribution in [0.1, 0.15) is 64.7 Å². The Bertz CT molecular complexity index is 644. The number of aromatic nitrogens is 1. The van der Waals surface area contributed by atoms with E-state index in [0.717, 1.165) is 25.7 Å². The van der Waals surface area contributed by atoms with Crippen LogP contribution in [0.3, 0.4) is 0 Å². The zero-order valence-corrected chi connectivity index (χ0v) is 14.5. The summed E-state index contributed by atoms with van der Waals surface area (Å²) in [6, 6.07) is 0.166. The minimum absolute atomic E-state index is 0.161. The van der Waals surface area contributed by atoms with Gasteiger partial charge < -0.3 is 19.8 Å². The molecule has 1 aromatic rings. The van der Waals surface area contributed by atoms with E-state index in [9.17, 15) is 14.4 Å². The first-order valence-corrected chi connectivity index (χ1v) is 8.14. The van der Waals surface area contributed by atoms with Gasteiger partial charge in [-0.3, -0.25) is 4.79 Å². The fourth-order valence-electron chi connectivity index (χ4n) is 3.02. The Labute approximate surface area is 141 Å². The molecule has 0 aliphatic heterocycles. The molecule has 1 aromatic heterocycles. The maximum Gasteiger partial charge on any atom is 0.355 e. The predicted molar refractivity (Wildman–Crippen MR) is 86.9 cm³/mol. The molecule has 0 saturated heterocycles. The molecule has 2 N–H and O–H groups in total. The zero-order valence-electron chi connectivity index (χ0n) is 14.5. The molecule has 7 nitrogen and oxygen atoms in total. The van der Waals surface area contributed by atoms with Crippen LogP contribution < -0.4 is 5.32 Å². The van der Waals surface area contributed by atoms with E-state index < -0.39 is 18.0 Å². The summed E-state index contributed by atoms with van der Waals surface area (Å²) in [5, 5.41) is 2.89. The third kappa shape index (κ3) is 3.77. The summed E-state index contributed by atoms with van der Waals surface area (Å²) < 4.78 is 9.95. The first kappa shape index (κ1) is 18.0. The topological polar surface area (TPSA) is 97.5 Å². The Morgan fingerprint density at radius 3 is 2.38 bits per heavy atom. The Morgan fingerprint density at radius 1 is 1.17 bits per heavy atom. The van der Waals surface area contributed by atoms with Crippen LogP contribution in [0.2, 0.25) is 0 Å². The van der Waals surface area contributed by atoms with Crippen molar-refractivity contribution in [2.24, 2.45) is 0 Å². The predicted octanol–water partition coefficient (Wildman–Crippen LogP) is 2.02. The van der Waals surface area contributed by atoms with Crippen molar-refractivity contribution in [3.63, 3.8) is 0 Å². The van der Waals surface area contributed by atoms with E-state index in [2.05, 4.69) is 10.3 Å². The molecule has 1 saturated carbocycles. The first-order chi connectivity index (χ1) is 11.3. The van der Waals surface area contributed by atoms with Crippen LogP contribution in [0.15, 0.2) is 0 Å². The fourth-order valence-corrected chi connectivity index (χ4v) is 3.02. The number of ether oxygens (including phenoxy) is 2. The summed E-state index contributed by atoms with van der Waals surface area (Å²) in [7, 11) is 1.28. The van der Waals surface area contributed by atoms with E-state index in [1.165, 1.54) is 14.0 Å². The van der Waals surface area contributed by atoms with Crippen LogP contribution in [-0.4, -0.2) is 42.1 Å². The summed E-state index contributed by atoms with van der Waals surface area (Å²) in [5.74, 6) is -1.49. The van der Waals surface area contributed by atoms with Crippen molar-refractivity contribution in [2.45, 2.75) is 58.6 Å². The Kier molecular flexibility index (Phi) is 5.64. The van der Waals surface area contributed by atoms with E-state index in [0.29, 0.717) is 16.8 Å². The van der Waals surface area contributed by atoms with Gasteiger partial charge in [0.05, 0.1) is 12.7 Å². The molecule has 0 bridgehead atoms. The van der Waals surface area contributed by atoms with Gasteiger partial charge in [0, 0.05) is 11.7 Å². The van der Waals surface area contributed by atoms with Crippen LogP contribution in [0.25, 0.3) is 0 Å². The number of aryl methyl sites for hydroxylation is 1. The van der Waals surface area contributed by atoms with Crippen molar-refractivity contribution >= 4 is 17.8 Å². The van der Waals surface area contributed by atoms with Crippen molar-refractivity contribution < 1.29 is 23.9 Å². The van der Waals surface area contributed by atoms with Gasteiger partial charge in [0.15, 0.2) is 6.10 Å². The van der Waals surface area contributed by atoms with Gasteiger partial charge in [-0.15, -0.1) is 0 Å². The van der Waals surface area contributed by atoms with Crippen LogP contribution in [-0.2, 0) is 14.3 Å². The van der Waals surface area contributed by atoms with Crippen molar-refractivity contribution in [2.75, 3.05) is 7.11 Å². The molecule has 1 heterocycles. The molecule has 1 fully saturated rings. The molecule has 1 atom stereocenters. The van der Waals surface area contributed by atoms with Gasteiger partial charge in [-0.05, 0) is 39.2 Å². The molecule has 1 unspecified atom stereocenters. The highest BCUT2D eigenvalue weighted by atomic mass is 16.5. The third-order valence-corrected chi connectivity index (χ3v) is 4.39. The van der Waals surface area contributed by atoms with E-state index in [-0.39, 0.29) is 17.6 Å². The van der Waals surface area contributed by atoms with Gasteiger partial charge in [0.25, 0.3) is 5.91 Å².